The second kappa shape index (κ2) is 10.3. The molecule has 0 aliphatic rings. The first-order valence-electron chi connectivity index (χ1n) is 11.8. The van der Waals surface area contributed by atoms with Crippen molar-refractivity contribution in [1.29, 1.82) is 0 Å². The van der Waals surface area contributed by atoms with E-state index >= 15 is 0 Å². The van der Waals surface area contributed by atoms with Crippen LogP contribution in [0.4, 0.5) is 5.69 Å². The molecule has 1 N–H and O–H groups in total. The predicted molar refractivity (Wildman–Crippen MR) is 146 cm³/mol. The molecule has 0 aliphatic heterocycles. The van der Waals surface area contributed by atoms with E-state index in [1.165, 1.54) is 6.08 Å². The fraction of sp³-hybridized carbons (Fsp3) is 0.0645. The van der Waals surface area contributed by atoms with Crippen LogP contribution in [0.1, 0.15) is 37.7 Å². The largest absolute Gasteiger partial charge is 0.322 e. The van der Waals surface area contributed by atoms with E-state index in [0.29, 0.717) is 29.1 Å². The van der Waals surface area contributed by atoms with Gasteiger partial charge in [0, 0.05) is 47.4 Å². The molecule has 6 nitrogen and oxygen atoms in total. The number of ketones is 1. The van der Waals surface area contributed by atoms with Crippen LogP contribution in [0.2, 0.25) is 0 Å². The van der Waals surface area contributed by atoms with Gasteiger partial charge in [-0.25, -0.2) is 9.97 Å². The summed E-state index contributed by atoms with van der Waals surface area (Å²) in [6, 6.07) is 22.4. The minimum Gasteiger partial charge on any atom is -0.322 e. The summed E-state index contributed by atoms with van der Waals surface area (Å²) in [6.45, 7) is 5.55. The van der Waals surface area contributed by atoms with Crippen LogP contribution in [0, 0.1) is 6.92 Å². The number of pyridine rings is 1. The number of allylic oxidation sites excluding steroid dienone is 1. The minimum absolute atomic E-state index is 0.122. The Kier molecular flexibility index (Phi) is 6.64. The van der Waals surface area contributed by atoms with E-state index in [9.17, 15) is 9.59 Å². The average molecular weight is 485 g/mol. The molecule has 0 aliphatic carbocycles. The van der Waals surface area contributed by atoms with Crippen LogP contribution in [-0.2, 0) is 6.42 Å². The Balaban J connectivity index is 1.35. The van der Waals surface area contributed by atoms with Gasteiger partial charge in [-0.05, 0) is 83.4 Å². The Bertz CT molecular complexity index is 1640. The molecular weight excluding hydrogens is 460 g/mol. The smallest absolute Gasteiger partial charge is 0.255 e. The molecule has 6 heteroatoms. The molecule has 0 spiro atoms. The van der Waals surface area contributed by atoms with Gasteiger partial charge in [-0.3, -0.25) is 14.6 Å². The van der Waals surface area contributed by atoms with Crippen molar-refractivity contribution < 1.29 is 9.59 Å². The number of aromatic nitrogens is 3. The molecule has 180 valence electrons. The van der Waals surface area contributed by atoms with Crippen molar-refractivity contribution in [2.24, 2.45) is 0 Å². The SMILES string of the molecule is C=CC(=O)c1ccc2cc(NC(=O)c3ccc(C)c(Cc4nccc(-c5cccnc5)n4)c3)ccc2c1. The highest BCUT2D eigenvalue weighted by molar-refractivity contribution is 6.08. The van der Waals surface area contributed by atoms with E-state index in [1.54, 1.807) is 24.7 Å². The third-order valence-electron chi connectivity index (χ3n) is 6.19. The summed E-state index contributed by atoms with van der Waals surface area (Å²) < 4.78 is 0. The summed E-state index contributed by atoms with van der Waals surface area (Å²) in [5.41, 5.74) is 5.58. The van der Waals surface area contributed by atoms with E-state index in [2.05, 4.69) is 21.9 Å². The second-order valence-electron chi connectivity index (χ2n) is 8.72. The molecule has 0 saturated carbocycles. The number of nitrogens with one attached hydrogen (secondary N) is 1. The van der Waals surface area contributed by atoms with Gasteiger partial charge in [0.1, 0.15) is 5.82 Å². The standard InChI is InChI=1S/C31H24N4O2/c1-3-29(36)23-9-8-22-17-27(11-10-21(22)15-23)34-31(37)24-7-6-20(2)26(16-24)18-30-33-14-12-28(35-30)25-5-4-13-32-19-25/h3-17,19H,1,18H2,2H3,(H,34,37). The number of carbonyl (C=O) groups excluding carboxylic acids is 2. The lowest BCUT2D eigenvalue weighted by molar-refractivity contribution is 0.102. The Hall–Kier alpha value is -4.97. The van der Waals surface area contributed by atoms with Gasteiger partial charge in [-0.1, -0.05) is 30.8 Å². The predicted octanol–water partition coefficient (Wildman–Crippen LogP) is 6.21. The van der Waals surface area contributed by atoms with Gasteiger partial charge < -0.3 is 5.32 Å². The number of anilines is 1. The third-order valence-corrected chi connectivity index (χ3v) is 6.19. The van der Waals surface area contributed by atoms with Gasteiger partial charge in [-0.2, -0.15) is 0 Å². The van der Waals surface area contributed by atoms with E-state index in [-0.39, 0.29) is 11.7 Å². The molecule has 5 aromatic rings. The van der Waals surface area contributed by atoms with Crippen LogP contribution in [0.15, 0.2) is 104 Å². The van der Waals surface area contributed by atoms with Gasteiger partial charge in [0.05, 0.1) is 5.69 Å². The van der Waals surface area contributed by atoms with E-state index < -0.39 is 0 Å². The van der Waals surface area contributed by atoms with Crippen molar-refractivity contribution in [2.45, 2.75) is 13.3 Å². The Morgan fingerprint density at radius 2 is 1.73 bits per heavy atom. The average Bonchev–Trinajstić information content (AvgIpc) is 2.94. The van der Waals surface area contributed by atoms with Crippen molar-refractivity contribution in [3.8, 4) is 11.3 Å². The van der Waals surface area contributed by atoms with Crippen molar-refractivity contribution in [3.63, 3.8) is 0 Å². The van der Waals surface area contributed by atoms with Gasteiger partial charge in [0.15, 0.2) is 5.78 Å². The highest BCUT2D eigenvalue weighted by Gasteiger charge is 2.12. The van der Waals surface area contributed by atoms with Gasteiger partial charge in [0.25, 0.3) is 5.91 Å². The number of fused-ring (bicyclic) bond motifs is 1. The Morgan fingerprint density at radius 1 is 0.919 bits per heavy atom. The molecule has 5 rings (SSSR count). The van der Waals surface area contributed by atoms with Gasteiger partial charge in [0.2, 0.25) is 0 Å². The summed E-state index contributed by atoms with van der Waals surface area (Å²) in [5.74, 6) is 0.346. The first-order valence-corrected chi connectivity index (χ1v) is 11.8. The van der Waals surface area contributed by atoms with Crippen molar-refractivity contribution in [2.75, 3.05) is 5.32 Å². The van der Waals surface area contributed by atoms with Crippen molar-refractivity contribution >= 4 is 28.2 Å². The van der Waals surface area contributed by atoms with Crippen LogP contribution in [0.5, 0.6) is 0 Å². The zero-order chi connectivity index (χ0) is 25.8. The topological polar surface area (TPSA) is 84.8 Å². The van der Waals surface area contributed by atoms with Crippen molar-refractivity contribution in [1.82, 2.24) is 15.0 Å². The fourth-order valence-electron chi connectivity index (χ4n) is 4.13. The highest BCUT2D eigenvalue weighted by Crippen LogP contribution is 2.23. The van der Waals surface area contributed by atoms with E-state index in [1.807, 2.05) is 73.7 Å². The van der Waals surface area contributed by atoms with Gasteiger partial charge in [-0.15, -0.1) is 0 Å². The Labute approximate surface area is 214 Å². The molecular formula is C31H24N4O2. The number of nitrogens with zero attached hydrogens (tertiary/aromatic N) is 3. The zero-order valence-electron chi connectivity index (χ0n) is 20.3. The van der Waals surface area contributed by atoms with Crippen LogP contribution < -0.4 is 5.32 Å². The molecule has 0 radical (unpaired) electrons. The normalized spacial score (nSPS) is 10.7. The van der Waals surface area contributed by atoms with Crippen LogP contribution >= 0.6 is 0 Å². The summed E-state index contributed by atoms with van der Waals surface area (Å²) >= 11 is 0. The fourth-order valence-corrected chi connectivity index (χ4v) is 4.13. The first-order chi connectivity index (χ1) is 18.0. The first kappa shape index (κ1) is 23.8. The lowest BCUT2D eigenvalue weighted by atomic mass is 10.0. The minimum atomic E-state index is -0.205. The zero-order valence-corrected chi connectivity index (χ0v) is 20.3. The molecule has 1 amide bonds. The molecule has 0 bridgehead atoms. The lowest BCUT2D eigenvalue weighted by Gasteiger charge is -2.11. The summed E-state index contributed by atoms with van der Waals surface area (Å²) in [5, 5.41) is 4.82. The lowest BCUT2D eigenvalue weighted by Crippen LogP contribution is -2.12. The maximum atomic E-state index is 13.1. The maximum Gasteiger partial charge on any atom is 0.255 e. The molecule has 0 atom stereocenters. The quantitative estimate of drug-likeness (QED) is 0.219. The number of rotatable bonds is 7. The van der Waals surface area contributed by atoms with Crippen LogP contribution in [-0.4, -0.2) is 26.6 Å². The number of benzene rings is 3. The highest BCUT2D eigenvalue weighted by atomic mass is 16.1. The summed E-state index contributed by atoms with van der Waals surface area (Å²) in [6.07, 6.45) is 7.05. The van der Waals surface area contributed by atoms with E-state index in [4.69, 9.17) is 4.98 Å². The maximum absolute atomic E-state index is 13.1. The Morgan fingerprint density at radius 3 is 2.54 bits per heavy atom. The van der Waals surface area contributed by atoms with Gasteiger partial charge >= 0.3 is 0 Å². The molecule has 2 aromatic heterocycles. The molecule has 37 heavy (non-hydrogen) atoms. The molecule has 0 fully saturated rings. The number of aryl methyl sites for hydroxylation is 1. The van der Waals surface area contributed by atoms with Crippen LogP contribution in [0.3, 0.4) is 0 Å². The molecule has 2 heterocycles. The number of hydrogen-bond acceptors (Lipinski definition) is 5. The van der Waals surface area contributed by atoms with Crippen molar-refractivity contribution in [3.05, 3.63) is 132 Å². The molecule has 0 saturated heterocycles. The van der Waals surface area contributed by atoms with E-state index in [0.717, 1.165) is 33.2 Å². The summed E-state index contributed by atoms with van der Waals surface area (Å²) in [7, 11) is 0. The number of carbonyl (C=O) groups is 2. The molecule has 0 unspecified atom stereocenters. The van der Waals surface area contributed by atoms with Crippen LogP contribution in [0.25, 0.3) is 22.0 Å². The summed E-state index contributed by atoms with van der Waals surface area (Å²) in [4.78, 5) is 38.3. The number of amides is 1. The monoisotopic (exact) mass is 484 g/mol. The third kappa shape index (κ3) is 5.33. The number of hydrogen-bond donors (Lipinski definition) is 1. The molecule has 3 aromatic carbocycles. The second-order valence-corrected chi connectivity index (χ2v) is 8.72.